The minimum atomic E-state index is -1.06. The molecule has 2 aromatic carbocycles. The van der Waals surface area contributed by atoms with Crippen LogP contribution in [0.15, 0.2) is 71.1 Å². The summed E-state index contributed by atoms with van der Waals surface area (Å²) in [5.74, 6) is -0.223. The second-order valence-electron chi connectivity index (χ2n) is 11.6. The number of piperidine rings is 1. The predicted molar refractivity (Wildman–Crippen MR) is 167 cm³/mol. The Hall–Kier alpha value is -3.86. The highest BCUT2D eigenvalue weighted by atomic mass is 32.1. The van der Waals surface area contributed by atoms with Gasteiger partial charge >= 0.3 is 12.1 Å². The molecule has 3 heterocycles. The summed E-state index contributed by atoms with van der Waals surface area (Å²) >= 11 is 1.22. The third-order valence-corrected chi connectivity index (χ3v) is 8.28. The predicted octanol–water partition coefficient (Wildman–Crippen LogP) is 6.73. The van der Waals surface area contributed by atoms with Crippen molar-refractivity contribution in [3.63, 3.8) is 0 Å². The fraction of sp³-hybridized carbons (Fsp3) is 0.375. The zero-order valence-electron chi connectivity index (χ0n) is 24.6. The van der Waals surface area contributed by atoms with Crippen molar-refractivity contribution < 1.29 is 19.1 Å². The average molecular weight is 589 g/mol. The van der Waals surface area contributed by atoms with Crippen LogP contribution in [0.2, 0.25) is 0 Å². The highest BCUT2D eigenvalue weighted by Gasteiger charge is 2.61. The first-order valence-corrected chi connectivity index (χ1v) is 15.3. The minimum absolute atomic E-state index is 0.150. The molecule has 1 unspecified atom stereocenters. The molecular weight excluding hydrogens is 550 g/mol. The van der Waals surface area contributed by atoms with Gasteiger partial charge in [0.25, 0.3) is 5.91 Å². The third-order valence-electron chi connectivity index (χ3n) is 7.30. The van der Waals surface area contributed by atoms with Gasteiger partial charge in [-0.1, -0.05) is 48.1 Å². The topological polar surface area (TPSA) is 91.3 Å². The van der Waals surface area contributed by atoms with Crippen LogP contribution in [0.5, 0.6) is 0 Å². The van der Waals surface area contributed by atoms with Gasteiger partial charge in [0.05, 0.1) is 5.56 Å². The van der Waals surface area contributed by atoms with E-state index in [0.29, 0.717) is 28.4 Å². The zero-order chi connectivity index (χ0) is 29.9. The van der Waals surface area contributed by atoms with E-state index in [9.17, 15) is 14.4 Å². The highest BCUT2D eigenvalue weighted by Crippen LogP contribution is 2.42. The molecule has 3 aromatic rings. The van der Waals surface area contributed by atoms with Crippen molar-refractivity contribution in [3.8, 4) is 0 Å². The number of nitrogens with one attached hydrogen (secondary N) is 1. The van der Waals surface area contributed by atoms with Gasteiger partial charge in [-0.25, -0.2) is 4.79 Å². The Kier molecular flexibility index (Phi) is 8.58. The van der Waals surface area contributed by atoms with Crippen LogP contribution >= 0.6 is 11.3 Å². The summed E-state index contributed by atoms with van der Waals surface area (Å²) in [5, 5.41) is 9.68. The van der Waals surface area contributed by atoms with Crippen LogP contribution < -0.4 is 14.8 Å². The maximum absolute atomic E-state index is 14.4. The van der Waals surface area contributed by atoms with Crippen LogP contribution in [0.1, 0.15) is 68.4 Å². The first-order valence-electron chi connectivity index (χ1n) is 14.4. The summed E-state index contributed by atoms with van der Waals surface area (Å²) in [6.45, 7) is 10.4. The van der Waals surface area contributed by atoms with Gasteiger partial charge in [0.15, 0.2) is 0 Å². The molecule has 0 saturated carbocycles. The molecule has 5 rings (SSSR count). The fourth-order valence-corrected chi connectivity index (χ4v) is 6.23. The Morgan fingerprint density at radius 2 is 1.69 bits per heavy atom. The van der Waals surface area contributed by atoms with E-state index in [1.807, 2.05) is 37.3 Å². The second-order valence-corrected chi connectivity index (χ2v) is 12.4. The summed E-state index contributed by atoms with van der Waals surface area (Å²) in [6.07, 6.45) is 2.89. The first kappa shape index (κ1) is 29.6. The summed E-state index contributed by atoms with van der Waals surface area (Å²) in [5.41, 5.74) is 1.88. The zero-order valence-corrected chi connectivity index (χ0v) is 25.4. The average Bonchev–Trinajstić information content (AvgIpc) is 3.57. The van der Waals surface area contributed by atoms with Crippen molar-refractivity contribution in [1.29, 1.82) is 0 Å². The van der Waals surface area contributed by atoms with Crippen molar-refractivity contribution >= 4 is 45.9 Å². The van der Waals surface area contributed by atoms with Crippen LogP contribution in [-0.2, 0) is 11.3 Å². The van der Waals surface area contributed by atoms with E-state index in [4.69, 9.17) is 4.74 Å². The van der Waals surface area contributed by atoms with Crippen LogP contribution in [0.25, 0.3) is 0 Å². The molecule has 0 bridgehead atoms. The quantitative estimate of drug-likeness (QED) is 0.334. The normalized spacial score (nSPS) is 18.6. The monoisotopic (exact) mass is 588 g/mol. The smallest absolute Gasteiger partial charge is 0.412 e. The van der Waals surface area contributed by atoms with Gasteiger partial charge in [-0.2, -0.15) is 4.79 Å². The summed E-state index contributed by atoms with van der Waals surface area (Å²) in [4.78, 5) is 45.6. The molecule has 1 saturated heterocycles. The number of fused-ring (bicyclic) bond motifs is 1. The number of para-hydroxylation sites is 1. The number of hydrogen-bond acceptors (Lipinski definition) is 7. The number of ether oxygens (including phenoxy) is 1. The number of hydrogen-bond donors (Lipinski definition) is 1. The van der Waals surface area contributed by atoms with Gasteiger partial charge in [0.1, 0.15) is 5.60 Å². The number of benzene rings is 2. The molecule has 0 aliphatic carbocycles. The lowest BCUT2D eigenvalue weighted by atomic mass is 10.1. The SMILES string of the molecule is CCN(C(=O)[N+]1(C(=O)OC(C)(C)C)N=C(NC(=O)c2ccc(CN3CCCCC3)cc2)c2ccsc21)c1ccccc1. The number of likely N-dealkylation sites (tertiary alicyclic amines) is 1. The van der Waals surface area contributed by atoms with E-state index >= 15 is 0 Å². The molecule has 1 atom stereocenters. The molecule has 9 nitrogen and oxygen atoms in total. The Bertz CT molecular complexity index is 1470. The van der Waals surface area contributed by atoms with E-state index in [0.717, 1.165) is 25.2 Å². The number of amides is 4. The van der Waals surface area contributed by atoms with Crippen molar-refractivity contribution in [2.75, 3.05) is 24.5 Å². The maximum atomic E-state index is 14.4. The van der Waals surface area contributed by atoms with E-state index in [-0.39, 0.29) is 11.7 Å². The molecule has 4 amide bonds. The van der Waals surface area contributed by atoms with Gasteiger partial charge in [-0.05, 0) is 100 Å². The van der Waals surface area contributed by atoms with Crippen LogP contribution in [-0.4, -0.2) is 54.0 Å². The minimum Gasteiger partial charge on any atom is -0.412 e. The van der Waals surface area contributed by atoms with E-state index in [1.54, 1.807) is 56.5 Å². The number of carbonyl (C=O) groups is 3. The van der Waals surface area contributed by atoms with E-state index < -0.39 is 22.3 Å². The lowest BCUT2D eigenvalue weighted by Crippen LogP contribution is -2.60. The van der Waals surface area contributed by atoms with E-state index in [1.165, 1.54) is 35.5 Å². The molecule has 2 aliphatic heterocycles. The molecule has 1 aromatic heterocycles. The van der Waals surface area contributed by atoms with Gasteiger partial charge in [0, 0.05) is 28.9 Å². The number of amidine groups is 1. The molecular formula is C32H38N5O4S+. The molecule has 10 heteroatoms. The summed E-state index contributed by atoms with van der Waals surface area (Å²) < 4.78 is 4.73. The lowest BCUT2D eigenvalue weighted by molar-refractivity contribution is 0.0346. The van der Waals surface area contributed by atoms with Crippen LogP contribution in [0, 0.1) is 0 Å². The maximum Gasteiger partial charge on any atom is 0.559 e. The number of thiophene rings is 1. The van der Waals surface area contributed by atoms with Crippen molar-refractivity contribution in [2.24, 2.45) is 5.10 Å². The van der Waals surface area contributed by atoms with Gasteiger partial charge in [-0.15, -0.1) is 0 Å². The molecule has 220 valence electrons. The summed E-state index contributed by atoms with van der Waals surface area (Å²) in [7, 11) is 0. The molecule has 1 N–H and O–H groups in total. The molecule has 0 radical (unpaired) electrons. The third kappa shape index (κ3) is 6.01. The number of nitrogens with zero attached hydrogens (tertiary/aromatic N) is 4. The van der Waals surface area contributed by atoms with Gasteiger partial charge < -0.3 is 10.1 Å². The molecule has 2 aliphatic rings. The van der Waals surface area contributed by atoms with E-state index in [2.05, 4.69) is 15.3 Å². The van der Waals surface area contributed by atoms with Gasteiger partial charge in [-0.3, -0.25) is 14.6 Å². The van der Waals surface area contributed by atoms with Crippen molar-refractivity contribution in [1.82, 2.24) is 14.8 Å². The molecule has 42 heavy (non-hydrogen) atoms. The number of urea groups is 1. The van der Waals surface area contributed by atoms with Crippen LogP contribution in [0.4, 0.5) is 20.3 Å². The van der Waals surface area contributed by atoms with Gasteiger partial charge in [0.2, 0.25) is 10.8 Å². The number of imide groups is 1. The standard InChI is InChI=1S/C32H37N5O4S/c1-5-36(25-12-8-6-9-13-25)30(39)37(31(40)41-32(2,3)4)29-26(18-21-42-29)27(34-37)33-28(38)24-16-14-23(15-17-24)22-35-19-10-7-11-20-35/h6,8-9,12-18,21H,5,7,10-11,19-20,22H2,1-4H3/p+1. The second kappa shape index (κ2) is 12.2. The van der Waals surface area contributed by atoms with Crippen LogP contribution in [0.3, 0.4) is 0 Å². The Morgan fingerprint density at radius 1 is 1.00 bits per heavy atom. The molecule has 0 spiro atoms. The molecule has 1 fully saturated rings. The van der Waals surface area contributed by atoms with Crippen molar-refractivity contribution in [2.45, 2.75) is 59.1 Å². The Morgan fingerprint density at radius 3 is 2.33 bits per heavy atom. The lowest BCUT2D eigenvalue weighted by Gasteiger charge is -2.30. The Balaban J connectivity index is 1.46. The van der Waals surface area contributed by atoms with Crippen molar-refractivity contribution in [3.05, 3.63) is 82.7 Å². The number of anilines is 1. The largest absolute Gasteiger partial charge is 0.559 e. The highest BCUT2D eigenvalue weighted by molar-refractivity contribution is 7.14. The number of quaternary nitrogens is 1. The summed E-state index contributed by atoms with van der Waals surface area (Å²) in [6, 6.07) is 17.8. The number of rotatable bonds is 5. The Labute approximate surface area is 251 Å². The fourth-order valence-electron chi connectivity index (χ4n) is 5.26. The first-order chi connectivity index (χ1) is 20.1. The number of carbonyl (C=O) groups excluding carboxylic acids is 3.